The van der Waals surface area contributed by atoms with E-state index in [1.54, 1.807) is 0 Å². The van der Waals surface area contributed by atoms with Crippen molar-refractivity contribution in [3.63, 3.8) is 0 Å². The van der Waals surface area contributed by atoms with E-state index >= 15 is 0 Å². The van der Waals surface area contributed by atoms with Crippen LogP contribution < -0.4 is 0 Å². The average Bonchev–Trinajstić information content (AvgIpc) is 2.60. The molecule has 156 valence electrons. The minimum atomic E-state index is -4.23. The Kier molecular flexibility index (Phi) is 7.72. The SMILES string of the molecule is C=CCOB(OCC1CS(=O)(=O)OCC1F)OCC1(F)COS(=O)(=O)OC1. The van der Waals surface area contributed by atoms with E-state index in [0.717, 1.165) is 0 Å². The molecule has 0 bridgehead atoms. The van der Waals surface area contributed by atoms with Crippen LogP contribution in [0.5, 0.6) is 0 Å². The topological polar surface area (TPSA) is 124 Å². The van der Waals surface area contributed by atoms with Gasteiger partial charge in [-0.05, 0) is 0 Å². The van der Waals surface area contributed by atoms with Crippen molar-refractivity contribution in [3.05, 3.63) is 12.7 Å². The van der Waals surface area contributed by atoms with Gasteiger partial charge in [0.05, 0.1) is 25.6 Å². The number of alkyl halides is 2. The Morgan fingerprint density at radius 1 is 1.15 bits per heavy atom. The highest BCUT2D eigenvalue weighted by Gasteiger charge is 2.42. The Morgan fingerprint density at radius 3 is 2.44 bits per heavy atom. The molecule has 2 aliphatic heterocycles. The molecule has 2 heterocycles. The second-order valence-corrected chi connectivity index (χ2v) is 8.90. The lowest BCUT2D eigenvalue weighted by Crippen LogP contribution is -2.48. The molecule has 0 aliphatic carbocycles. The number of halogens is 2. The monoisotopic (exact) mass is 436 g/mol. The predicted molar refractivity (Wildman–Crippen MR) is 86.6 cm³/mol. The van der Waals surface area contributed by atoms with Gasteiger partial charge in [-0.2, -0.15) is 16.8 Å². The lowest BCUT2D eigenvalue weighted by atomic mass is 10.1. The number of hydrogen-bond acceptors (Lipinski definition) is 10. The molecule has 2 saturated heterocycles. The molecule has 0 radical (unpaired) electrons. The molecule has 0 N–H and O–H groups in total. The smallest absolute Gasteiger partial charge is 0.385 e. The molecule has 2 aliphatic rings. The predicted octanol–water partition coefficient (Wildman–Crippen LogP) is -0.479. The van der Waals surface area contributed by atoms with Crippen LogP contribution in [0.2, 0.25) is 0 Å². The number of hydrogen-bond donors (Lipinski definition) is 0. The molecule has 0 aromatic rings. The highest BCUT2D eigenvalue weighted by atomic mass is 32.3. The maximum atomic E-state index is 14.4. The summed E-state index contributed by atoms with van der Waals surface area (Å²) >= 11 is 0. The lowest BCUT2D eigenvalue weighted by Gasteiger charge is -2.29. The molecule has 0 aromatic carbocycles. The van der Waals surface area contributed by atoms with Crippen LogP contribution in [0.15, 0.2) is 12.7 Å². The van der Waals surface area contributed by atoms with Crippen LogP contribution in [0.1, 0.15) is 0 Å². The van der Waals surface area contributed by atoms with Gasteiger partial charge in [-0.3, -0.25) is 4.18 Å². The summed E-state index contributed by atoms with van der Waals surface area (Å²) < 4.78 is 101. The van der Waals surface area contributed by atoms with Gasteiger partial charge in [0.15, 0.2) is 5.67 Å². The van der Waals surface area contributed by atoms with Crippen LogP contribution in [0.25, 0.3) is 0 Å². The van der Waals surface area contributed by atoms with Gasteiger partial charge in [0.25, 0.3) is 10.1 Å². The van der Waals surface area contributed by atoms with E-state index in [9.17, 15) is 25.6 Å². The molecular weight excluding hydrogens is 417 g/mol. The molecule has 15 heteroatoms. The summed E-state index contributed by atoms with van der Waals surface area (Å²) in [6.45, 7) is -0.0171. The molecule has 0 amide bonds. The van der Waals surface area contributed by atoms with Crippen LogP contribution in [0.3, 0.4) is 0 Å². The second-order valence-electron chi connectivity index (χ2n) is 5.92. The van der Waals surface area contributed by atoms with Crippen molar-refractivity contribution in [2.75, 3.05) is 45.4 Å². The average molecular weight is 436 g/mol. The maximum absolute atomic E-state index is 14.4. The summed E-state index contributed by atoms with van der Waals surface area (Å²) in [5, 5.41) is 0. The van der Waals surface area contributed by atoms with Gasteiger partial charge in [-0.15, -0.1) is 6.58 Å². The molecule has 2 atom stereocenters. The van der Waals surface area contributed by atoms with E-state index < -0.39 is 84.4 Å². The molecule has 0 aromatic heterocycles. The van der Waals surface area contributed by atoms with Crippen molar-refractivity contribution in [2.45, 2.75) is 11.8 Å². The normalized spacial score (nSPS) is 29.1. The first-order chi connectivity index (χ1) is 12.5. The molecule has 27 heavy (non-hydrogen) atoms. The Bertz CT molecular complexity index is 702. The van der Waals surface area contributed by atoms with Gasteiger partial charge in [0, 0.05) is 12.5 Å². The first-order valence-electron chi connectivity index (χ1n) is 7.74. The second kappa shape index (κ2) is 9.22. The van der Waals surface area contributed by atoms with Crippen molar-refractivity contribution in [3.8, 4) is 0 Å². The van der Waals surface area contributed by atoms with Crippen LogP contribution in [0, 0.1) is 5.92 Å². The molecule has 2 unspecified atom stereocenters. The van der Waals surface area contributed by atoms with Crippen LogP contribution in [-0.4, -0.2) is 81.4 Å². The lowest BCUT2D eigenvalue weighted by molar-refractivity contribution is -0.0498. The Labute approximate surface area is 156 Å². The van der Waals surface area contributed by atoms with Crippen molar-refractivity contribution < 1.29 is 52.1 Å². The van der Waals surface area contributed by atoms with Crippen LogP contribution in [-0.2, 0) is 47.0 Å². The van der Waals surface area contributed by atoms with Crippen molar-refractivity contribution in [1.29, 1.82) is 0 Å². The largest absolute Gasteiger partial charge is 0.639 e. The van der Waals surface area contributed by atoms with Gasteiger partial charge in [0.1, 0.15) is 19.4 Å². The zero-order valence-corrected chi connectivity index (χ0v) is 15.8. The van der Waals surface area contributed by atoms with E-state index in [-0.39, 0.29) is 6.61 Å². The van der Waals surface area contributed by atoms with E-state index in [1.807, 2.05) is 0 Å². The van der Waals surface area contributed by atoms with E-state index in [1.165, 1.54) is 6.08 Å². The summed E-state index contributed by atoms with van der Waals surface area (Å²) in [7, 11) is -9.56. The minimum Gasteiger partial charge on any atom is -0.385 e. The first kappa shape index (κ1) is 22.6. The minimum absolute atomic E-state index is 0.0591. The Hall–Kier alpha value is -0.675. The highest BCUT2D eigenvalue weighted by Crippen LogP contribution is 2.23. The van der Waals surface area contributed by atoms with Gasteiger partial charge in [0.2, 0.25) is 0 Å². The number of rotatable bonds is 9. The third-order valence-electron chi connectivity index (χ3n) is 3.54. The van der Waals surface area contributed by atoms with E-state index in [4.69, 9.17) is 14.0 Å². The third-order valence-corrected chi connectivity index (χ3v) is 5.68. The fourth-order valence-electron chi connectivity index (χ4n) is 2.10. The molecule has 0 spiro atoms. The van der Waals surface area contributed by atoms with E-state index in [2.05, 4.69) is 19.1 Å². The fourth-order valence-corrected chi connectivity index (χ4v) is 4.14. The molecule has 2 fully saturated rings. The van der Waals surface area contributed by atoms with Gasteiger partial charge in [-0.25, -0.2) is 17.1 Å². The third kappa shape index (κ3) is 7.34. The molecular formula is C12H19BF2O10S2. The Morgan fingerprint density at radius 2 is 1.81 bits per heavy atom. The quantitative estimate of drug-likeness (QED) is 0.266. The Balaban J connectivity index is 1.88. The van der Waals surface area contributed by atoms with Crippen LogP contribution >= 0.6 is 0 Å². The zero-order chi connectivity index (χ0) is 20.1. The van der Waals surface area contributed by atoms with Crippen LogP contribution in [0.4, 0.5) is 8.78 Å². The van der Waals surface area contributed by atoms with E-state index in [0.29, 0.717) is 0 Å². The summed E-state index contributed by atoms with van der Waals surface area (Å²) in [5.74, 6) is -1.61. The van der Waals surface area contributed by atoms with Gasteiger partial charge < -0.3 is 14.0 Å². The molecule has 2 rings (SSSR count). The maximum Gasteiger partial charge on any atom is 0.639 e. The molecule has 0 saturated carbocycles. The highest BCUT2D eigenvalue weighted by molar-refractivity contribution is 7.86. The van der Waals surface area contributed by atoms with Crippen molar-refractivity contribution in [1.82, 2.24) is 0 Å². The standard InChI is InChI=1S/C12H19BF2O10S2/c1-2-3-20-13(21-4-10-6-26(16,17)23-5-11(10)14)22-7-12(15)8-24-27(18,19)25-9-12/h2,10-11H,1,3-9H2. The zero-order valence-electron chi connectivity index (χ0n) is 14.1. The summed E-state index contributed by atoms with van der Waals surface area (Å²) in [6, 6.07) is 0. The van der Waals surface area contributed by atoms with Gasteiger partial charge >= 0.3 is 17.7 Å². The van der Waals surface area contributed by atoms with Crippen molar-refractivity contribution in [2.24, 2.45) is 5.92 Å². The fraction of sp³-hybridized carbons (Fsp3) is 0.833. The summed E-state index contributed by atoms with van der Waals surface area (Å²) in [6.07, 6.45) is -0.229. The summed E-state index contributed by atoms with van der Waals surface area (Å²) in [5.41, 5.74) is -2.28. The summed E-state index contributed by atoms with van der Waals surface area (Å²) in [4.78, 5) is 0. The van der Waals surface area contributed by atoms with Crippen molar-refractivity contribution >= 4 is 27.8 Å². The first-order valence-corrected chi connectivity index (χ1v) is 10.6. The van der Waals surface area contributed by atoms with Gasteiger partial charge in [-0.1, -0.05) is 6.08 Å². The molecule has 10 nitrogen and oxygen atoms in total.